The molecule has 1 aromatic carbocycles. The van der Waals surface area contributed by atoms with Crippen LogP contribution in [0.2, 0.25) is 0 Å². The van der Waals surface area contributed by atoms with Crippen LogP contribution in [0.5, 0.6) is 0 Å². The Labute approximate surface area is 191 Å². The summed E-state index contributed by atoms with van der Waals surface area (Å²) < 4.78 is 8.72. The van der Waals surface area contributed by atoms with Crippen molar-refractivity contribution in [2.45, 2.75) is 25.9 Å². The van der Waals surface area contributed by atoms with Crippen LogP contribution in [0.15, 0.2) is 59.2 Å². The maximum Gasteiger partial charge on any atom is 0.170 e. The van der Waals surface area contributed by atoms with Crippen LogP contribution in [0, 0.1) is 13.8 Å². The molecule has 0 radical (unpaired) electrons. The van der Waals surface area contributed by atoms with Crippen LogP contribution in [-0.4, -0.2) is 39.8 Å². The molecule has 5 nitrogen and oxygen atoms in total. The maximum absolute atomic E-state index is 5.72. The van der Waals surface area contributed by atoms with Crippen molar-refractivity contribution in [1.82, 2.24) is 19.8 Å². The number of hydrogen-bond donors (Lipinski definition) is 1. The van der Waals surface area contributed by atoms with E-state index >= 15 is 0 Å². The molecule has 4 rings (SSSR count). The molecule has 0 unspecified atom stereocenters. The summed E-state index contributed by atoms with van der Waals surface area (Å²) in [6.45, 7) is 5.65. The number of hydrogen-bond acceptors (Lipinski definition) is 3. The third-order valence-corrected chi connectivity index (χ3v) is 6.44. The first-order valence-electron chi connectivity index (χ1n) is 9.93. The minimum Gasteiger partial charge on any atom is -0.383 e. The van der Waals surface area contributed by atoms with Crippen molar-refractivity contribution in [1.29, 1.82) is 0 Å². The van der Waals surface area contributed by atoms with E-state index in [1.54, 1.807) is 7.11 Å². The van der Waals surface area contributed by atoms with Crippen LogP contribution >= 0.6 is 28.1 Å². The monoisotopic (exact) mass is 484 g/mol. The lowest BCUT2D eigenvalue weighted by atomic mass is 9.97. The summed E-state index contributed by atoms with van der Waals surface area (Å²) in [5, 5.41) is 4.24. The fraction of sp³-hybridized carbons (Fsp3) is 0.304. The molecule has 1 aliphatic heterocycles. The van der Waals surface area contributed by atoms with E-state index in [0.29, 0.717) is 6.61 Å². The van der Waals surface area contributed by atoms with Crippen molar-refractivity contribution in [3.63, 3.8) is 0 Å². The van der Waals surface area contributed by atoms with Gasteiger partial charge in [-0.1, -0.05) is 28.1 Å². The summed E-state index contributed by atoms with van der Waals surface area (Å²) in [7, 11) is 1.72. The van der Waals surface area contributed by atoms with Crippen LogP contribution in [-0.2, 0) is 4.74 Å². The van der Waals surface area contributed by atoms with Crippen LogP contribution < -0.4 is 5.32 Å². The molecule has 0 saturated carbocycles. The van der Waals surface area contributed by atoms with Crippen LogP contribution in [0.3, 0.4) is 0 Å². The summed E-state index contributed by atoms with van der Waals surface area (Å²) in [4.78, 5) is 6.85. The highest BCUT2D eigenvalue weighted by atomic mass is 79.9. The molecule has 2 aromatic heterocycles. The minimum atomic E-state index is -0.0213. The molecule has 3 heterocycles. The lowest BCUT2D eigenvalue weighted by molar-refractivity contribution is 0.164. The highest BCUT2D eigenvalue weighted by molar-refractivity contribution is 9.10. The molecule has 1 aliphatic rings. The molecule has 0 aliphatic carbocycles. The lowest BCUT2D eigenvalue weighted by Crippen LogP contribution is -2.32. The van der Waals surface area contributed by atoms with Gasteiger partial charge in [-0.3, -0.25) is 4.98 Å². The summed E-state index contributed by atoms with van der Waals surface area (Å²) in [6.07, 6.45) is 1.83. The van der Waals surface area contributed by atoms with E-state index in [1.807, 2.05) is 24.4 Å². The summed E-state index contributed by atoms with van der Waals surface area (Å²) >= 11 is 9.32. The molecular formula is C23H25BrN4OS. The van der Waals surface area contributed by atoms with Crippen LogP contribution in [0.1, 0.15) is 34.7 Å². The number of halogens is 1. The number of thiocarbonyl (C=S) groups is 1. The molecule has 1 saturated heterocycles. The third-order valence-electron chi connectivity index (χ3n) is 5.59. The fourth-order valence-electron chi connectivity index (χ4n) is 4.27. The smallest absolute Gasteiger partial charge is 0.170 e. The average Bonchev–Trinajstić information content (AvgIpc) is 3.22. The Kier molecular flexibility index (Phi) is 6.22. The van der Waals surface area contributed by atoms with Crippen molar-refractivity contribution in [3.05, 3.63) is 81.8 Å². The molecule has 2 atom stereocenters. The van der Waals surface area contributed by atoms with Crippen molar-refractivity contribution in [3.8, 4) is 5.69 Å². The van der Waals surface area contributed by atoms with Gasteiger partial charge in [0, 0.05) is 41.4 Å². The van der Waals surface area contributed by atoms with Gasteiger partial charge in [0.05, 0.1) is 24.4 Å². The second kappa shape index (κ2) is 8.88. The maximum atomic E-state index is 5.72. The molecule has 0 amide bonds. The molecule has 0 spiro atoms. The van der Waals surface area contributed by atoms with E-state index in [2.05, 4.69) is 79.9 Å². The van der Waals surface area contributed by atoms with Gasteiger partial charge < -0.3 is 19.5 Å². The lowest BCUT2D eigenvalue weighted by Gasteiger charge is -2.28. The van der Waals surface area contributed by atoms with Crippen molar-refractivity contribution in [2.75, 3.05) is 20.3 Å². The number of nitrogens with zero attached hydrogens (tertiary/aromatic N) is 3. The van der Waals surface area contributed by atoms with Gasteiger partial charge in [0.2, 0.25) is 0 Å². The fourth-order valence-corrected chi connectivity index (χ4v) is 4.99. The number of aryl methyl sites for hydroxylation is 1. The summed E-state index contributed by atoms with van der Waals surface area (Å²) in [6, 6.07) is 16.7. The van der Waals surface area contributed by atoms with Gasteiger partial charge in [0.15, 0.2) is 5.11 Å². The van der Waals surface area contributed by atoms with Gasteiger partial charge in [-0.15, -0.1) is 0 Å². The predicted molar refractivity (Wildman–Crippen MR) is 127 cm³/mol. The second-order valence-corrected chi connectivity index (χ2v) is 8.76. The number of benzene rings is 1. The normalized spacial score (nSPS) is 18.7. The van der Waals surface area contributed by atoms with E-state index in [0.717, 1.165) is 27.5 Å². The summed E-state index contributed by atoms with van der Waals surface area (Å²) in [5.74, 6) is 0. The van der Waals surface area contributed by atoms with Gasteiger partial charge >= 0.3 is 0 Å². The number of pyridine rings is 1. The van der Waals surface area contributed by atoms with Gasteiger partial charge in [-0.05, 0) is 68.0 Å². The van der Waals surface area contributed by atoms with E-state index < -0.39 is 0 Å². The van der Waals surface area contributed by atoms with E-state index in [-0.39, 0.29) is 12.1 Å². The Bertz CT molecular complexity index is 1050. The zero-order valence-corrected chi connectivity index (χ0v) is 19.7. The molecule has 1 fully saturated rings. The topological polar surface area (TPSA) is 42.3 Å². The highest BCUT2D eigenvalue weighted by Gasteiger charge is 2.41. The number of nitrogens with one attached hydrogen (secondary N) is 1. The minimum absolute atomic E-state index is 0.0213. The Balaban J connectivity index is 1.82. The molecule has 0 bridgehead atoms. The molecule has 156 valence electrons. The zero-order chi connectivity index (χ0) is 21.3. The largest absolute Gasteiger partial charge is 0.383 e. The highest BCUT2D eigenvalue weighted by Crippen LogP contribution is 2.41. The van der Waals surface area contributed by atoms with E-state index in [1.165, 1.54) is 17.0 Å². The zero-order valence-electron chi connectivity index (χ0n) is 17.3. The molecule has 1 N–H and O–H groups in total. The van der Waals surface area contributed by atoms with Gasteiger partial charge in [0.1, 0.15) is 0 Å². The standard InChI is InChI=1S/C23H25BrN4OS/c1-15-13-19(16(2)28(15)18-8-6-7-17(24)14-18)22-21(20-9-4-5-10-25-20)26-23(30)27(22)11-12-29-3/h4-10,13-14,21-22H,11-12H2,1-3H3,(H,26,30)/t21-,22+/m0/s1. The first kappa shape index (κ1) is 21.0. The molecule has 7 heteroatoms. The average molecular weight is 485 g/mol. The van der Waals surface area contributed by atoms with Crippen molar-refractivity contribution in [2.24, 2.45) is 0 Å². The second-order valence-electron chi connectivity index (χ2n) is 7.45. The van der Waals surface area contributed by atoms with E-state index in [9.17, 15) is 0 Å². The SMILES string of the molecule is COCCN1C(=S)N[C@@H](c2ccccn2)[C@H]1c1cc(C)n(-c2cccc(Br)c2)c1C. The first-order valence-corrected chi connectivity index (χ1v) is 11.1. The quantitative estimate of drug-likeness (QED) is 0.505. The summed E-state index contributed by atoms with van der Waals surface area (Å²) in [5.41, 5.74) is 5.75. The Morgan fingerprint density at radius 3 is 2.70 bits per heavy atom. The molecule has 30 heavy (non-hydrogen) atoms. The van der Waals surface area contributed by atoms with Crippen molar-refractivity contribution < 1.29 is 4.74 Å². The van der Waals surface area contributed by atoms with Gasteiger partial charge in [-0.25, -0.2) is 0 Å². The number of ether oxygens (including phenoxy) is 1. The first-order chi connectivity index (χ1) is 14.5. The molecule has 3 aromatic rings. The van der Waals surface area contributed by atoms with Crippen LogP contribution in [0.4, 0.5) is 0 Å². The van der Waals surface area contributed by atoms with E-state index in [4.69, 9.17) is 17.0 Å². The van der Waals surface area contributed by atoms with Crippen molar-refractivity contribution >= 4 is 33.3 Å². The Hall–Kier alpha value is -2.22. The van der Waals surface area contributed by atoms with Crippen LogP contribution in [0.25, 0.3) is 5.69 Å². The van der Waals surface area contributed by atoms with Gasteiger partial charge in [0.25, 0.3) is 0 Å². The third kappa shape index (κ3) is 3.89. The molecular weight excluding hydrogens is 460 g/mol. The number of methoxy groups -OCH3 is 1. The number of rotatable bonds is 6. The Morgan fingerprint density at radius 2 is 2.00 bits per heavy atom. The predicted octanol–water partition coefficient (Wildman–Crippen LogP) is 4.87. The van der Waals surface area contributed by atoms with Gasteiger partial charge in [-0.2, -0.15) is 0 Å². The Morgan fingerprint density at radius 1 is 1.17 bits per heavy atom. The number of aromatic nitrogens is 2.